The Morgan fingerprint density at radius 3 is 2.67 bits per heavy atom. The van der Waals surface area contributed by atoms with Crippen molar-refractivity contribution in [3.63, 3.8) is 0 Å². The number of nitrogens with two attached hydrogens (primary N) is 1. The van der Waals surface area contributed by atoms with E-state index in [1.807, 2.05) is 18.4 Å². The highest BCUT2D eigenvalue weighted by Gasteiger charge is 2.19. The SMILES string of the molecule is COc1nc(C)c2[nH]c(=O)c3sccc3c2c1-c1ccc([C@@H](C)CN)cc1. The number of benzene rings is 1. The summed E-state index contributed by atoms with van der Waals surface area (Å²) in [5.74, 6) is 0.855. The lowest BCUT2D eigenvalue weighted by molar-refractivity contribution is 0.399. The number of H-pyrrole nitrogens is 1. The number of thiophene rings is 1. The van der Waals surface area contributed by atoms with Gasteiger partial charge < -0.3 is 15.5 Å². The zero-order chi connectivity index (χ0) is 19.1. The maximum atomic E-state index is 12.4. The molecule has 4 rings (SSSR count). The van der Waals surface area contributed by atoms with Gasteiger partial charge in [-0.2, -0.15) is 0 Å². The highest BCUT2D eigenvalue weighted by molar-refractivity contribution is 7.17. The lowest BCUT2D eigenvalue weighted by Crippen LogP contribution is -2.09. The molecule has 0 aliphatic heterocycles. The summed E-state index contributed by atoms with van der Waals surface area (Å²) in [6, 6.07) is 10.3. The number of nitrogens with one attached hydrogen (secondary N) is 1. The van der Waals surface area contributed by atoms with E-state index >= 15 is 0 Å². The summed E-state index contributed by atoms with van der Waals surface area (Å²) in [6.45, 7) is 4.60. The second-order valence-electron chi connectivity index (χ2n) is 6.71. The Bertz CT molecular complexity index is 1190. The molecular formula is C21H21N3O2S. The van der Waals surface area contributed by atoms with E-state index in [0.717, 1.165) is 33.1 Å². The minimum atomic E-state index is -0.0827. The number of aromatic nitrogens is 2. The molecule has 1 aromatic carbocycles. The number of rotatable bonds is 4. The molecule has 4 aromatic rings. The van der Waals surface area contributed by atoms with Gasteiger partial charge in [0.25, 0.3) is 5.56 Å². The number of aromatic amines is 1. The summed E-state index contributed by atoms with van der Waals surface area (Å²) in [5.41, 5.74) is 10.3. The smallest absolute Gasteiger partial charge is 0.266 e. The van der Waals surface area contributed by atoms with E-state index in [0.29, 0.717) is 23.0 Å². The molecule has 1 atom stereocenters. The average Bonchev–Trinajstić information content (AvgIpc) is 3.18. The molecule has 3 aromatic heterocycles. The first-order valence-electron chi connectivity index (χ1n) is 8.83. The summed E-state index contributed by atoms with van der Waals surface area (Å²) in [7, 11) is 1.62. The summed E-state index contributed by atoms with van der Waals surface area (Å²) < 4.78 is 6.34. The van der Waals surface area contributed by atoms with Crippen molar-refractivity contribution in [1.82, 2.24) is 9.97 Å². The fourth-order valence-corrected chi connectivity index (χ4v) is 4.28. The molecule has 3 N–H and O–H groups in total. The Labute approximate surface area is 160 Å². The first-order valence-corrected chi connectivity index (χ1v) is 9.71. The van der Waals surface area contributed by atoms with Gasteiger partial charge in [-0.1, -0.05) is 31.2 Å². The number of nitrogens with zero attached hydrogens (tertiary/aromatic N) is 1. The molecule has 0 fully saturated rings. The van der Waals surface area contributed by atoms with Gasteiger partial charge in [-0.3, -0.25) is 4.79 Å². The van der Waals surface area contributed by atoms with Gasteiger partial charge in [0.05, 0.1) is 23.9 Å². The van der Waals surface area contributed by atoms with Crippen LogP contribution in [0.5, 0.6) is 5.88 Å². The average molecular weight is 379 g/mol. The zero-order valence-electron chi connectivity index (χ0n) is 15.5. The predicted molar refractivity (Wildman–Crippen MR) is 112 cm³/mol. The van der Waals surface area contributed by atoms with Gasteiger partial charge in [0.1, 0.15) is 4.70 Å². The third-order valence-electron chi connectivity index (χ3n) is 5.04. The van der Waals surface area contributed by atoms with Crippen LogP contribution < -0.4 is 16.0 Å². The van der Waals surface area contributed by atoms with Gasteiger partial charge in [0, 0.05) is 10.8 Å². The number of hydrogen-bond donors (Lipinski definition) is 2. The molecule has 6 heteroatoms. The quantitative estimate of drug-likeness (QED) is 0.557. The predicted octanol–water partition coefficient (Wildman–Crippen LogP) is 4.18. The molecule has 0 radical (unpaired) electrons. The number of fused-ring (bicyclic) bond motifs is 3. The van der Waals surface area contributed by atoms with Gasteiger partial charge in [0.2, 0.25) is 5.88 Å². The molecular weight excluding hydrogens is 358 g/mol. The fourth-order valence-electron chi connectivity index (χ4n) is 3.48. The van der Waals surface area contributed by atoms with Crippen molar-refractivity contribution < 1.29 is 4.74 Å². The van der Waals surface area contributed by atoms with Crippen molar-refractivity contribution >= 4 is 32.3 Å². The number of hydrogen-bond acceptors (Lipinski definition) is 5. The Balaban J connectivity index is 2.08. The Kier molecular flexibility index (Phi) is 4.45. The first kappa shape index (κ1) is 17.7. The minimum absolute atomic E-state index is 0.0827. The second kappa shape index (κ2) is 6.79. The molecule has 138 valence electrons. The Morgan fingerprint density at radius 1 is 1.26 bits per heavy atom. The van der Waals surface area contributed by atoms with Gasteiger partial charge in [-0.25, -0.2) is 4.98 Å². The van der Waals surface area contributed by atoms with E-state index in [1.54, 1.807) is 7.11 Å². The maximum Gasteiger partial charge on any atom is 0.266 e. The minimum Gasteiger partial charge on any atom is -0.481 e. The highest BCUT2D eigenvalue weighted by Crippen LogP contribution is 2.40. The van der Waals surface area contributed by atoms with E-state index < -0.39 is 0 Å². The molecule has 0 saturated heterocycles. The van der Waals surface area contributed by atoms with Gasteiger partial charge in [-0.15, -0.1) is 11.3 Å². The van der Waals surface area contributed by atoms with Crippen LogP contribution in [-0.2, 0) is 0 Å². The van der Waals surface area contributed by atoms with Gasteiger partial charge >= 0.3 is 0 Å². The fraction of sp³-hybridized carbons (Fsp3) is 0.238. The van der Waals surface area contributed by atoms with Crippen LogP contribution >= 0.6 is 11.3 Å². The van der Waals surface area contributed by atoms with Crippen molar-refractivity contribution in [3.05, 3.63) is 57.3 Å². The van der Waals surface area contributed by atoms with Crippen LogP contribution in [0.2, 0.25) is 0 Å². The third kappa shape index (κ3) is 2.81. The highest BCUT2D eigenvalue weighted by atomic mass is 32.1. The topological polar surface area (TPSA) is 81.0 Å². The monoisotopic (exact) mass is 379 g/mol. The van der Waals surface area contributed by atoms with Crippen molar-refractivity contribution in [2.75, 3.05) is 13.7 Å². The van der Waals surface area contributed by atoms with Gasteiger partial charge in [0.15, 0.2) is 0 Å². The van der Waals surface area contributed by atoms with Crippen LogP contribution in [0.15, 0.2) is 40.5 Å². The number of pyridine rings is 2. The molecule has 0 amide bonds. The Hall–Kier alpha value is -2.70. The molecule has 0 saturated carbocycles. The van der Waals surface area contributed by atoms with Crippen LogP contribution in [0.3, 0.4) is 0 Å². The van der Waals surface area contributed by atoms with E-state index in [9.17, 15) is 4.79 Å². The first-order chi connectivity index (χ1) is 13.0. The molecule has 0 bridgehead atoms. The van der Waals surface area contributed by atoms with Crippen molar-refractivity contribution in [3.8, 4) is 17.0 Å². The zero-order valence-corrected chi connectivity index (χ0v) is 16.3. The van der Waals surface area contributed by atoms with Crippen LogP contribution in [-0.4, -0.2) is 23.6 Å². The van der Waals surface area contributed by atoms with Crippen molar-refractivity contribution in [2.45, 2.75) is 19.8 Å². The van der Waals surface area contributed by atoms with Crippen LogP contribution in [0.25, 0.3) is 32.1 Å². The number of methoxy groups -OCH3 is 1. The number of ether oxygens (including phenoxy) is 1. The van der Waals surface area contributed by atoms with Crippen LogP contribution in [0.4, 0.5) is 0 Å². The lowest BCUT2D eigenvalue weighted by atomic mass is 9.95. The van der Waals surface area contributed by atoms with E-state index in [4.69, 9.17) is 10.5 Å². The summed E-state index contributed by atoms with van der Waals surface area (Å²) in [6.07, 6.45) is 0. The van der Waals surface area contributed by atoms with Crippen LogP contribution in [0, 0.1) is 6.92 Å². The third-order valence-corrected chi connectivity index (χ3v) is 5.95. The maximum absolute atomic E-state index is 12.4. The molecule has 3 heterocycles. The summed E-state index contributed by atoms with van der Waals surface area (Å²) in [5, 5.41) is 3.84. The lowest BCUT2D eigenvalue weighted by Gasteiger charge is -2.15. The standard InChI is InChI=1S/C21H21N3O2S/c1-11(10-22)13-4-6-14(7-5-13)16-17-15-8-9-27-19(15)20(25)24-18(17)12(2)23-21(16)26-3/h4-9,11H,10,22H2,1-3H3,(H,24,25)/t11-/m0/s1. The van der Waals surface area contributed by atoms with Crippen molar-refractivity contribution in [1.29, 1.82) is 0 Å². The van der Waals surface area contributed by atoms with Crippen LogP contribution in [0.1, 0.15) is 24.1 Å². The summed E-state index contributed by atoms with van der Waals surface area (Å²) in [4.78, 5) is 20.0. The largest absolute Gasteiger partial charge is 0.481 e. The molecule has 27 heavy (non-hydrogen) atoms. The second-order valence-corrected chi connectivity index (χ2v) is 7.62. The Morgan fingerprint density at radius 2 is 2.00 bits per heavy atom. The summed E-state index contributed by atoms with van der Waals surface area (Å²) >= 11 is 1.44. The van der Waals surface area contributed by atoms with Gasteiger partial charge in [-0.05, 0) is 42.0 Å². The molecule has 5 nitrogen and oxygen atoms in total. The number of aryl methyl sites for hydroxylation is 1. The molecule has 0 spiro atoms. The molecule has 0 unspecified atom stereocenters. The normalized spacial score (nSPS) is 12.6. The molecule has 0 aliphatic rings. The van der Waals surface area contributed by atoms with E-state index in [1.165, 1.54) is 16.9 Å². The molecule has 0 aliphatic carbocycles. The van der Waals surface area contributed by atoms with E-state index in [-0.39, 0.29) is 5.56 Å². The van der Waals surface area contributed by atoms with Crippen molar-refractivity contribution in [2.24, 2.45) is 5.73 Å². The van der Waals surface area contributed by atoms with E-state index in [2.05, 4.69) is 41.2 Å².